The van der Waals surface area contributed by atoms with Crippen LogP contribution in [-0.4, -0.2) is 61.5 Å². The Kier molecular flexibility index (Phi) is 10.2. The Balaban J connectivity index is 0.972. The molecule has 5 aromatic rings. The molecular weight excluding hydrogens is 779 g/mol. The third-order valence-corrected chi connectivity index (χ3v) is 11.4. The fourth-order valence-corrected chi connectivity index (χ4v) is 8.67. The number of methoxy groups -OCH3 is 2. The molecule has 0 saturated heterocycles. The highest BCUT2D eigenvalue weighted by atomic mass is 32.1. The molecule has 9 rings (SSSR count). The fourth-order valence-electron chi connectivity index (χ4n) is 8.52. The lowest BCUT2D eigenvalue weighted by Crippen LogP contribution is -2.39. The summed E-state index contributed by atoms with van der Waals surface area (Å²) in [5.41, 5.74) is 8.20. The third-order valence-electron chi connectivity index (χ3n) is 11.2. The number of nitrogens with zero attached hydrogens (tertiary/aromatic N) is 3. The monoisotopic (exact) mass is 823 g/mol. The van der Waals surface area contributed by atoms with Crippen LogP contribution in [0.5, 0.6) is 23.0 Å². The molecule has 0 aromatic heterocycles. The summed E-state index contributed by atoms with van der Waals surface area (Å²) in [5.74, 6) is 1.23. The molecule has 60 heavy (non-hydrogen) atoms. The average Bonchev–Trinajstić information content (AvgIpc) is 3.72. The van der Waals surface area contributed by atoms with E-state index in [1.165, 1.54) is 7.11 Å². The van der Waals surface area contributed by atoms with Crippen molar-refractivity contribution in [1.29, 1.82) is 0 Å². The van der Waals surface area contributed by atoms with Gasteiger partial charge in [-0.15, -0.1) is 0 Å². The van der Waals surface area contributed by atoms with Gasteiger partial charge in [-0.3, -0.25) is 24.3 Å². The largest absolute Gasteiger partial charge is 0.493 e. The SMILES string of the molecule is COc1cc2c(cc1OCc1cc(COc3cc4c(cc3OC)C(=O)N3c5ccccc5C[C@H]3CN4)cc(NC(=O)CC(C)(C)S)c1)N=C[C@@H]1Cc3ccccc3N1C2=O. The zero-order valence-corrected chi connectivity index (χ0v) is 34.7. The Morgan fingerprint density at radius 2 is 1.38 bits per heavy atom. The Morgan fingerprint density at radius 3 is 2.05 bits per heavy atom. The van der Waals surface area contributed by atoms with E-state index in [1.54, 1.807) is 30.2 Å². The normalized spacial score (nSPS) is 17.2. The van der Waals surface area contributed by atoms with E-state index in [2.05, 4.69) is 29.3 Å². The average molecular weight is 824 g/mol. The molecular formula is C47H45N5O7S. The second-order valence-electron chi connectivity index (χ2n) is 16.1. The number of anilines is 4. The Bertz CT molecular complexity index is 2590. The molecule has 0 radical (unpaired) electrons. The second kappa shape index (κ2) is 15.6. The molecule has 0 spiro atoms. The number of ether oxygens (including phenoxy) is 4. The highest BCUT2D eigenvalue weighted by Crippen LogP contribution is 2.43. The summed E-state index contributed by atoms with van der Waals surface area (Å²) in [5, 5.41) is 6.50. The molecule has 3 amide bonds. The van der Waals surface area contributed by atoms with Gasteiger partial charge in [0.15, 0.2) is 23.0 Å². The molecule has 4 aliphatic heterocycles. The summed E-state index contributed by atoms with van der Waals surface area (Å²) >= 11 is 4.56. The summed E-state index contributed by atoms with van der Waals surface area (Å²) in [6, 6.07) is 28.3. The van der Waals surface area contributed by atoms with Gasteiger partial charge in [0.25, 0.3) is 11.8 Å². The van der Waals surface area contributed by atoms with E-state index in [-0.39, 0.29) is 49.4 Å². The molecule has 4 heterocycles. The summed E-state index contributed by atoms with van der Waals surface area (Å²) in [7, 11) is 3.08. The molecule has 4 aliphatic rings. The van der Waals surface area contributed by atoms with Crippen LogP contribution in [0.15, 0.2) is 96.0 Å². The number of aliphatic imine (C=N–C) groups is 1. The predicted molar refractivity (Wildman–Crippen MR) is 236 cm³/mol. The van der Waals surface area contributed by atoms with Crippen molar-refractivity contribution >= 4 is 65.0 Å². The number of hydrogen-bond donors (Lipinski definition) is 3. The zero-order chi connectivity index (χ0) is 41.7. The van der Waals surface area contributed by atoms with E-state index < -0.39 is 4.75 Å². The first-order chi connectivity index (χ1) is 29.0. The number of fused-ring (bicyclic) bond motifs is 8. The maximum absolute atomic E-state index is 14.0. The molecule has 2 atom stereocenters. The van der Waals surface area contributed by atoms with Gasteiger partial charge in [-0.05, 0) is 71.1 Å². The first-order valence-electron chi connectivity index (χ1n) is 19.9. The number of benzene rings is 5. The summed E-state index contributed by atoms with van der Waals surface area (Å²) < 4.78 is 23.8. The summed E-state index contributed by atoms with van der Waals surface area (Å²) in [6.07, 6.45) is 3.48. The molecule has 0 fully saturated rings. The van der Waals surface area contributed by atoms with Crippen LogP contribution in [0.25, 0.3) is 0 Å². The van der Waals surface area contributed by atoms with Crippen molar-refractivity contribution in [3.05, 3.63) is 124 Å². The van der Waals surface area contributed by atoms with E-state index in [9.17, 15) is 14.4 Å². The molecule has 2 N–H and O–H groups in total. The van der Waals surface area contributed by atoms with E-state index >= 15 is 0 Å². The Morgan fingerprint density at radius 1 is 0.783 bits per heavy atom. The summed E-state index contributed by atoms with van der Waals surface area (Å²) in [4.78, 5) is 49.4. The maximum atomic E-state index is 14.0. The number of rotatable bonds is 11. The van der Waals surface area contributed by atoms with E-state index in [4.69, 9.17) is 23.9 Å². The smallest absolute Gasteiger partial charge is 0.261 e. The number of thiol groups is 1. The molecule has 0 bridgehead atoms. The van der Waals surface area contributed by atoms with Crippen molar-refractivity contribution in [2.24, 2.45) is 4.99 Å². The van der Waals surface area contributed by atoms with Crippen LogP contribution in [-0.2, 0) is 30.8 Å². The molecule has 0 unspecified atom stereocenters. The second-order valence-corrected chi connectivity index (χ2v) is 17.3. The minimum absolute atomic E-state index is 0.0127. The van der Waals surface area contributed by atoms with Crippen molar-refractivity contribution in [3.8, 4) is 23.0 Å². The highest BCUT2D eigenvalue weighted by Gasteiger charge is 2.38. The number of hydrogen-bond acceptors (Lipinski definition) is 10. The van der Waals surface area contributed by atoms with Gasteiger partial charge in [-0.1, -0.05) is 50.2 Å². The van der Waals surface area contributed by atoms with Crippen molar-refractivity contribution < 1.29 is 33.3 Å². The van der Waals surface area contributed by atoms with Gasteiger partial charge >= 0.3 is 0 Å². The quantitative estimate of drug-likeness (QED) is 0.114. The maximum Gasteiger partial charge on any atom is 0.261 e. The minimum atomic E-state index is -0.516. The van der Waals surface area contributed by atoms with Crippen LogP contribution >= 0.6 is 12.6 Å². The highest BCUT2D eigenvalue weighted by molar-refractivity contribution is 7.81. The van der Waals surface area contributed by atoms with Gasteiger partial charge in [-0.2, -0.15) is 12.6 Å². The number of nitrogens with one attached hydrogen (secondary N) is 2. The molecule has 0 aliphatic carbocycles. The van der Waals surface area contributed by atoms with Gasteiger partial charge in [-0.25, -0.2) is 0 Å². The van der Waals surface area contributed by atoms with Gasteiger partial charge in [0, 0.05) is 59.5 Å². The van der Waals surface area contributed by atoms with Crippen LogP contribution in [0.3, 0.4) is 0 Å². The number of para-hydroxylation sites is 2. The lowest BCUT2D eigenvalue weighted by molar-refractivity contribution is -0.116. The van der Waals surface area contributed by atoms with E-state index in [0.29, 0.717) is 64.2 Å². The first-order valence-corrected chi connectivity index (χ1v) is 20.4. The third kappa shape index (κ3) is 7.49. The lowest BCUT2D eigenvalue weighted by Gasteiger charge is -2.22. The van der Waals surface area contributed by atoms with Crippen LogP contribution in [0, 0.1) is 0 Å². The molecule has 13 heteroatoms. The molecule has 306 valence electrons. The van der Waals surface area contributed by atoms with E-state index in [1.807, 2.05) is 91.7 Å². The fraction of sp³-hybridized carbons (Fsp3) is 0.277. The van der Waals surface area contributed by atoms with Gasteiger partial charge < -0.3 is 34.5 Å². The number of amides is 3. The van der Waals surface area contributed by atoms with Crippen LogP contribution < -0.4 is 39.4 Å². The number of carbonyl (C=O) groups is 3. The van der Waals surface area contributed by atoms with Gasteiger partial charge in [0.05, 0.1) is 48.8 Å². The topological polar surface area (TPSA) is 131 Å². The molecule has 5 aromatic carbocycles. The zero-order valence-electron chi connectivity index (χ0n) is 33.8. The standard InChI is InChI=1S/C47H45N5O7S/c1-47(2,60)22-44(53)50-31-14-27(25-58-42-20-36-34(18-40(42)56-3)45(54)51-32(23-48-36)16-29-9-5-7-11-38(29)51)13-28(15-31)26-59-43-21-37-35(19-41(43)57-4)46(55)52-33(24-49-37)17-30-10-6-8-12-39(30)52/h5-15,18-21,23,32-33,49,60H,16-17,22,24-26H2,1-4H3,(H,50,53)/t32-,33-/m0/s1. The van der Waals surface area contributed by atoms with Crippen LogP contribution in [0.4, 0.5) is 28.4 Å². The van der Waals surface area contributed by atoms with Gasteiger partial charge in [0.2, 0.25) is 5.91 Å². The van der Waals surface area contributed by atoms with Crippen molar-refractivity contribution in [1.82, 2.24) is 0 Å². The minimum Gasteiger partial charge on any atom is -0.493 e. The lowest BCUT2D eigenvalue weighted by atomic mass is 10.1. The van der Waals surface area contributed by atoms with E-state index in [0.717, 1.165) is 40.0 Å². The predicted octanol–water partition coefficient (Wildman–Crippen LogP) is 8.18. The van der Waals surface area contributed by atoms with Crippen LogP contribution in [0.2, 0.25) is 0 Å². The van der Waals surface area contributed by atoms with Crippen LogP contribution in [0.1, 0.15) is 63.2 Å². The van der Waals surface area contributed by atoms with Crippen molar-refractivity contribution in [2.45, 2.75) is 63.2 Å². The Labute approximate surface area is 353 Å². The molecule has 12 nitrogen and oxygen atoms in total. The first kappa shape index (κ1) is 39.0. The van der Waals surface area contributed by atoms with Crippen molar-refractivity contribution in [3.63, 3.8) is 0 Å². The van der Waals surface area contributed by atoms with Crippen molar-refractivity contribution in [2.75, 3.05) is 41.2 Å². The Hall–Kier alpha value is -6.47. The molecule has 0 saturated carbocycles. The van der Waals surface area contributed by atoms with Gasteiger partial charge in [0.1, 0.15) is 13.2 Å². The number of carbonyl (C=O) groups excluding carboxylic acids is 3. The summed E-state index contributed by atoms with van der Waals surface area (Å²) in [6.45, 7) is 4.55.